The zero-order chi connectivity index (χ0) is 12.6. The lowest BCUT2D eigenvalue weighted by atomic mass is 9.78. The van der Waals surface area contributed by atoms with Crippen LogP contribution < -0.4 is 5.73 Å². The van der Waals surface area contributed by atoms with E-state index < -0.39 is 5.60 Å². The van der Waals surface area contributed by atoms with Gasteiger partial charge in [0.1, 0.15) is 0 Å². The Bertz CT molecular complexity index is 550. The van der Waals surface area contributed by atoms with Crippen LogP contribution in [0.5, 0.6) is 0 Å². The molecule has 2 atom stereocenters. The summed E-state index contributed by atoms with van der Waals surface area (Å²) in [4.78, 5) is 0. The Hall–Kier alpha value is -0.900. The normalized spacial score (nSPS) is 28.7. The van der Waals surface area contributed by atoms with E-state index in [1.165, 1.54) is 15.6 Å². The standard InChI is InChI=1S/C15H19NOS/c16-12-4-3-7-15(17,9-12)8-11-10-18-14-6-2-1-5-13(11)14/h1-2,5-6,10,12,17H,3-4,7-9,16H2. The van der Waals surface area contributed by atoms with E-state index in [4.69, 9.17) is 5.73 Å². The third-order valence-electron chi connectivity index (χ3n) is 3.94. The molecule has 2 unspecified atom stereocenters. The van der Waals surface area contributed by atoms with E-state index in [0.717, 1.165) is 32.1 Å². The third kappa shape index (κ3) is 2.30. The van der Waals surface area contributed by atoms with Crippen molar-refractivity contribution in [2.45, 2.75) is 43.7 Å². The fourth-order valence-electron chi connectivity index (χ4n) is 3.07. The van der Waals surface area contributed by atoms with Gasteiger partial charge in [-0.05, 0) is 48.1 Å². The van der Waals surface area contributed by atoms with Gasteiger partial charge in [0.2, 0.25) is 0 Å². The molecular formula is C15H19NOS. The van der Waals surface area contributed by atoms with Crippen molar-refractivity contribution in [3.63, 3.8) is 0 Å². The molecule has 3 rings (SSSR count). The van der Waals surface area contributed by atoms with Gasteiger partial charge < -0.3 is 10.8 Å². The number of hydrogen-bond donors (Lipinski definition) is 2. The Kier molecular flexibility index (Phi) is 3.14. The highest BCUT2D eigenvalue weighted by Crippen LogP contribution is 2.34. The molecule has 0 saturated heterocycles. The second kappa shape index (κ2) is 4.65. The van der Waals surface area contributed by atoms with Crippen molar-refractivity contribution in [3.05, 3.63) is 35.2 Å². The number of benzene rings is 1. The van der Waals surface area contributed by atoms with Crippen LogP contribution in [-0.2, 0) is 6.42 Å². The molecule has 1 saturated carbocycles. The summed E-state index contributed by atoms with van der Waals surface area (Å²) >= 11 is 1.76. The SMILES string of the molecule is NC1CCCC(O)(Cc2csc3ccccc23)C1. The van der Waals surface area contributed by atoms with Gasteiger partial charge in [-0.3, -0.25) is 0 Å². The Labute approximate surface area is 111 Å². The van der Waals surface area contributed by atoms with Crippen molar-refractivity contribution < 1.29 is 5.11 Å². The summed E-state index contributed by atoms with van der Waals surface area (Å²) in [5, 5.41) is 14.2. The maximum Gasteiger partial charge on any atom is 0.0703 e. The molecule has 96 valence electrons. The molecule has 2 nitrogen and oxygen atoms in total. The molecule has 1 heterocycles. The van der Waals surface area contributed by atoms with Crippen LogP contribution in [0.1, 0.15) is 31.2 Å². The molecule has 0 aliphatic heterocycles. The molecule has 1 aliphatic carbocycles. The van der Waals surface area contributed by atoms with Crippen molar-refractivity contribution in [1.82, 2.24) is 0 Å². The number of aliphatic hydroxyl groups is 1. The lowest BCUT2D eigenvalue weighted by Crippen LogP contribution is -2.42. The maximum atomic E-state index is 10.7. The molecule has 3 heteroatoms. The molecule has 1 aliphatic rings. The summed E-state index contributed by atoms with van der Waals surface area (Å²) in [6.07, 6.45) is 4.44. The van der Waals surface area contributed by atoms with E-state index in [0.29, 0.717) is 0 Å². The average molecular weight is 261 g/mol. The van der Waals surface area contributed by atoms with Crippen LogP contribution in [0.3, 0.4) is 0 Å². The van der Waals surface area contributed by atoms with E-state index in [1.54, 1.807) is 11.3 Å². The van der Waals surface area contributed by atoms with Crippen molar-refractivity contribution in [3.8, 4) is 0 Å². The molecule has 1 fully saturated rings. The lowest BCUT2D eigenvalue weighted by Gasteiger charge is -2.35. The predicted molar refractivity (Wildman–Crippen MR) is 76.9 cm³/mol. The Morgan fingerprint density at radius 1 is 1.39 bits per heavy atom. The zero-order valence-corrected chi connectivity index (χ0v) is 11.2. The maximum absolute atomic E-state index is 10.7. The largest absolute Gasteiger partial charge is 0.389 e. The van der Waals surface area contributed by atoms with Crippen LogP contribution >= 0.6 is 11.3 Å². The molecule has 0 spiro atoms. The topological polar surface area (TPSA) is 46.2 Å². The molecular weight excluding hydrogens is 242 g/mol. The molecule has 0 bridgehead atoms. The molecule has 18 heavy (non-hydrogen) atoms. The van der Waals surface area contributed by atoms with Gasteiger partial charge >= 0.3 is 0 Å². The minimum Gasteiger partial charge on any atom is -0.389 e. The van der Waals surface area contributed by atoms with E-state index in [2.05, 4.69) is 29.6 Å². The van der Waals surface area contributed by atoms with Crippen LogP contribution in [0.15, 0.2) is 29.6 Å². The number of thiophene rings is 1. The molecule has 3 N–H and O–H groups in total. The second-order valence-electron chi connectivity index (χ2n) is 5.51. The fourth-order valence-corrected chi connectivity index (χ4v) is 4.03. The van der Waals surface area contributed by atoms with E-state index in [-0.39, 0.29) is 6.04 Å². The number of hydrogen-bond acceptors (Lipinski definition) is 3. The van der Waals surface area contributed by atoms with Crippen molar-refractivity contribution in [2.75, 3.05) is 0 Å². The Morgan fingerprint density at radius 2 is 2.22 bits per heavy atom. The molecule has 0 radical (unpaired) electrons. The summed E-state index contributed by atoms with van der Waals surface area (Å²) in [5.74, 6) is 0. The van der Waals surface area contributed by atoms with Gasteiger partial charge in [0.25, 0.3) is 0 Å². The van der Waals surface area contributed by atoms with Crippen LogP contribution in [0.2, 0.25) is 0 Å². The highest BCUT2D eigenvalue weighted by molar-refractivity contribution is 7.17. The fraction of sp³-hybridized carbons (Fsp3) is 0.467. The molecule has 1 aromatic carbocycles. The van der Waals surface area contributed by atoms with Gasteiger partial charge in [-0.2, -0.15) is 0 Å². The second-order valence-corrected chi connectivity index (χ2v) is 6.43. The van der Waals surface area contributed by atoms with Gasteiger partial charge in [-0.25, -0.2) is 0 Å². The number of fused-ring (bicyclic) bond motifs is 1. The van der Waals surface area contributed by atoms with Gasteiger partial charge in [0.15, 0.2) is 0 Å². The van der Waals surface area contributed by atoms with Crippen molar-refractivity contribution in [1.29, 1.82) is 0 Å². The third-order valence-corrected chi connectivity index (χ3v) is 4.95. The summed E-state index contributed by atoms with van der Waals surface area (Å²) in [7, 11) is 0. The molecule has 0 amide bonds. The summed E-state index contributed by atoms with van der Waals surface area (Å²) in [6.45, 7) is 0. The van der Waals surface area contributed by atoms with Crippen LogP contribution in [0, 0.1) is 0 Å². The van der Waals surface area contributed by atoms with E-state index >= 15 is 0 Å². The highest BCUT2D eigenvalue weighted by Gasteiger charge is 2.33. The Morgan fingerprint density at radius 3 is 3.06 bits per heavy atom. The number of rotatable bonds is 2. The lowest BCUT2D eigenvalue weighted by molar-refractivity contribution is -0.00157. The highest BCUT2D eigenvalue weighted by atomic mass is 32.1. The number of nitrogens with two attached hydrogens (primary N) is 1. The van der Waals surface area contributed by atoms with Gasteiger partial charge in [-0.15, -0.1) is 11.3 Å². The van der Waals surface area contributed by atoms with Crippen LogP contribution in [-0.4, -0.2) is 16.7 Å². The van der Waals surface area contributed by atoms with Crippen molar-refractivity contribution in [2.24, 2.45) is 5.73 Å². The quantitative estimate of drug-likeness (QED) is 0.872. The van der Waals surface area contributed by atoms with E-state index in [9.17, 15) is 5.11 Å². The smallest absolute Gasteiger partial charge is 0.0703 e. The average Bonchev–Trinajstić information content (AvgIpc) is 2.72. The first-order valence-corrected chi connectivity index (χ1v) is 7.47. The molecule has 1 aromatic heterocycles. The first-order valence-electron chi connectivity index (χ1n) is 6.59. The summed E-state index contributed by atoms with van der Waals surface area (Å²) in [6, 6.07) is 8.57. The monoisotopic (exact) mass is 261 g/mol. The van der Waals surface area contributed by atoms with E-state index in [1.807, 2.05) is 0 Å². The first kappa shape index (κ1) is 12.2. The minimum atomic E-state index is -0.596. The van der Waals surface area contributed by atoms with Gasteiger partial charge in [-0.1, -0.05) is 18.2 Å². The Balaban J connectivity index is 1.87. The minimum absolute atomic E-state index is 0.161. The summed E-state index contributed by atoms with van der Waals surface area (Å²) < 4.78 is 1.30. The molecule has 2 aromatic rings. The first-order chi connectivity index (χ1) is 8.66. The predicted octanol–water partition coefficient (Wildman–Crippen LogP) is 3.08. The van der Waals surface area contributed by atoms with Crippen LogP contribution in [0.25, 0.3) is 10.1 Å². The van der Waals surface area contributed by atoms with Gasteiger partial charge in [0, 0.05) is 17.2 Å². The van der Waals surface area contributed by atoms with Crippen LogP contribution in [0.4, 0.5) is 0 Å². The zero-order valence-electron chi connectivity index (χ0n) is 10.4. The summed E-state index contributed by atoms with van der Waals surface area (Å²) in [5.41, 5.74) is 6.67. The van der Waals surface area contributed by atoms with Gasteiger partial charge in [0.05, 0.1) is 5.60 Å². The van der Waals surface area contributed by atoms with Crippen molar-refractivity contribution >= 4 is 21.4 Å².